The van der Waals surface area contributed by atoms with Crippen molar-refractivity contribution in [2.75, 3.05) is 19.9 Å². The van der Waals surface area contributed by atoms with E-state index in [0.717, 1.165) is 35.4 Å². The van der Waals surface area contributed by atoms with Crippen LogP contribution in [0.4, 0.5) is 13.2 Å². The number of nitrogens with zero attached hydrogens (tertiary/aromatic N) is 5. The SMILES string of the molecule is CC(=O)OCO/N=[N+](\[O-])N1CCC(C(=O)NS(=O)(=O)c2ccc(-n3nc(C(F)(F)F)cc3-c3ccc(C)cc3)cc2)CC1. The number of alkyl halides is 3. The first-order valence-corrected chi connectivity index (χ1v) is 14.3. The van der Waals surface area contributed by atoms with Crippen molar-refractivity contribution < 1.29 is 45.7 Å². The molecule has 0 radical (unpaired) electrons. The van der Waals surface area contributed by atoms with Crippen LogP contribution in [0.3, 0.4) is 0 Å². The number of benzene rings is 2. The van der Waals surface area contributed by atoms with Crippen LogP contribution in [0.25, 0.3) is 16.9 Å². The first kappa shape index (κ1) is 31.3. The maximum absolute atomic E-state index is 13.5. The Morgan fingerprint density at radius 1 is 1.12 bits per heavy atom. The number of piperidine rings is 1. The second kappa shape index (κ2) is 12.7. The van der Waals surface area contributed by atoms with Gasteiger partial charge in [-0.05, 0) is 50.1 Å². The minimum Gasteiger partial charge on any atom is -0.569 e. The molecule has 1 aliphatic heterocycles. The van der Waals surface area contributed by atoms with Crippen molar-refractivity contribution in [2.24, 2.45) is 11.2 Å². The zero-order chi connectivity index (χ0) is 31.4. The number of ether oxygens (including phenoxy) is 1. The Balaban J connectivity index is 1.43. The lowest BCUT2D eigenvalue weighted by atomic mass is 9.97. The summed E-state index contributed by atoms with van der Waals surface area (Å²) in [4.78, 5) is 27.9. The molecule has 0 aliphatic carbocycles. The second-order valence-corrected chi connectivity index (χ2v) is 11.3. The van der Waals surface area contributed by atoms with Gasteiger partial charge in [0.25, 0.3) is 16.8 Å². The Bertz CT molecular complexity index is 1600. The third kappa shape index (κ3) is 7.79. The summed E-state index contributed by atoms with van der Waals surface area (Å²) in [6.07, 6.45) is -4.42. The minimum atomic E-state index is -4.70. The highest BCUT2D eigenvalue weighted by atomic mass is 32.2. The summed E-state index contributed by atoms with van der Waals surface area (Å²) in [5.41, 5.74) is 0.614. The number of amides is 1. The standard InChI is InChI=1S/C26H27F3N6O7S/c1-17-3-5-19(6-4-17)23-15-24(26(27,28)29)30-34(23)21-7-9-22(10-8-21)43(39,40)31-25(37)20-11-13-33(14-12-20)35(38)32-42-16-41-18(2)36/h3-10,15,20H,11-14,16H2,1-2H3,(H,31,37)/b35-32-. The lowest BCUT2D eigenvalue weighted by Crippen LogP contribution is -2.44. The third-order valence-electron chi connectivity index (χ3n) is 6.50. The molecule has 2 aromatic carbocycles. The Hall–Kier alpha value is -4.67. The van der Waals surface area contributed by atoms with Gasteiger partial charge in [0.2, 0.25) is 11.2 Å². The van der Waals surface area contributed by atoms with E-state index in [9.17, 15) is 36.4 Å². The summed E-state index contributed by atoms with van der Waals surface area (Å²) >= 11 is 0. The van der Waals surface area contributed by atoms with E-state index in [2.05, 4.69) is 20.0 Å². The molecular weight excluding hydrogens is 597 g/mol. The monoisotopic (exact) mass is 624 g/mol. The van der Waals surface area contributed by atoms with Crippen LogP contribution in [-0.4, -0.2) is 59.9 Å². The van der Waals surface area contributed by atoms with Gasteiger partial charge in [-0.3, -0.25) is 9.59 Å². The molecule has 3 aromatic rings. The lowest BCUT2D eigenvalue weighted by molar-refractivity contribution is -0.713. The maximum Gasteiger partial charge on any atom is 0.435 e. The first-order chi connectivity index (χ1) is 20.2. The lowest BCUT2D eigenvalue weighted by Gasteiger charge is -2.27. The van der Waals surface area contributed by atoms with Crippen LogP contribution in [0.15, 0.2) is 64.8 Å². The molecule has 13 nitrogen and oxygen atoms in total. The van der Waals surface area contributed by atoms with E-state index < -0.39 is 46.5 Å². The van der Waals surface area contributed by atoms with Crippen LogP contribution in [0, 0.1) is 18.0 Å². The summed E-state index contributed by atoms with van der Waals surface area (Å²) < 4.78 is 73.9. The molecule has 0 spiro atoms. The molecule has 0 unspecified atom stereocenters. The number of aromatic nitrogens is 2. The Morgan fingerprint density at radius 2 is 1.74 bits per heavy atom. The van der Waals surface area contributed by atoms with Gasteiger partial charge < -0.3 is 14.8 Å². The van der Waals surface area contributed by atoms with Gasteiger partial charge in [-0.1, -0.05) is 29.8 Å². The van der Waals surface area contributed by atoms with Crippen molar-refractivity contribution >= 4 is 21.9 Å². The molecule has 1 aliphatic rings. The fraction of sp³-hybridized carbons (Fsp3) is 0.346. The number of nitrogens with one attached hydrogen (secondary N) is 1. The molecule has 0 saturated carbocycles. The topological polar surface area (TPSA) is 158 Å². The quantitative estimate of drug-likeness (QED) is 0.0936. The number of esters is 1. The minimum absolute atomic E-state index is 0.0733. The van der Waals surface area contributed by atoms with Gasteiger partial charge in [0.05, 0.1) is 34.3 Å². The Morgan fingerprint density at radius 3 is 2.33 bits per heavy atom. The number of carbonyl (C=O) groups excluding carboxylic acids is 2. The average Bonchev–Trinajstić information content (AvgIpc) is 3.42. The van der Waals surface area contributed by atoms with Gasteiger partial charge in [-0.2, -0.15) is 18.3 Å². The summed E-state index contributed by atoms with van der Waals surface area (Å²) in [5, 5.41) is 20.1. The molecule has 1 saturated heterocycles. The van der Waals surface area contributed by atoms with Crippen LogP contribution >= 0.6 is 0 Å². The zero-order valence-electron chi connectivity index (χ0n) is 22.9. The molecule has 0 bridgehead atoms. The molecule has 0 atom stereocenters. The first-order valence-electron chi connectivity index (χ1n) is 12.8. The molecule has 1 fully saturated rings. The predicted octanol–water partition coefficient (Wildman–Crippen LogP) is 3.71. The van der Waals surface area contributed by atoms with Crippen LogP contribution in [-0.2, 0) is 35.4 Å². The summed E-state index contributed by atoms with van der Waals surface area (Å²) in [6, 6.07) is 12.6. The van der Waals surface area contributed by atoms with Crippen molar-refractivity contribution in [3.63, 3.8) is 0 Å². The number of rotatable bonds is 9. The van der Waals surface area contributed by atoms with Crippen LogP contribution in [0.2, 0.25) is 0 Å². The smallest absolute Gasteiger partial charge is 0.435 e. The van der Waals surface area contributed by atoms with Gasteiger partial charge in [0.15, 0.2) is 5.69 Å². The fourth-order valence-electron chi connectivity index (χ4n) is 4.22. The summed E-state index contributed by atoms with van der Waals surface area (Å²) in [7, 11) is -4.32. The zero-order valence-corrected chi connectivity index (χ0v) is 23.8. The predicted molar refractivity (Wildman–Crippen MR) is 142 cm³/mol. The third-order valence-corrected chi connectivity index (χ3v) is 7.86. The average molecular weight is 625 g/mol. The van der Waals surface area contributed by atoms with E-state index >= 15 is 0 Å². The molecule has 230 valence electrons. The van der Waals surface area contributed by atoms with Crippen molar-refractivity contribution in [3.8, 4) is 16.9 Å². The normalized spacial score (nSPS) is 14.8. The molecular formula is C26H27F3N6O7S. The van der Waals surface area contributed by atoms with Gasteiger partial charge in [0.1, 0.15) is 0 Å². The van der Waals surface area contributed by atoms with Crippen molar-refractivity contribution in [3.05, 3.63) is 71.1 Å². The van der Waals surface area contributed by atoms with Gasteiger partial charge in [-0.15, -0.1) is 5.01 Å². The number of hydrogen-bond donors (Lipinski definition) is 1. The molecule has 4 rings (SSSR count). The molecule has 1 N–H and O–H groups in total. The number of hydrogen-bond acceptors (Lipinski definition) is 9. The number of halogens is 3. The summed E-state index contributed by atoms with van der Waals surface area (Å²) in [6.45, 7) is 2.60. The van der Waals surface area contributed by atoms with Gasteiger partial charge in [0, 0.05) is 18.4 Å². The molecule has 17 heteroatoms. The maximum atomic E-state index is 13.5. The van der Waals surface area contributed by atoms with Crippen molar-refractivity contribution in [2.45, 2.75) is 37.8 Å². The highest BCUT2D eigenvalue weighted by Crippen LogP contribution is 2.33. The van der Waals surface area contributed by atoms with E-state index in [1.165, 1.54) is 17.1 Å². The van der Waals surface area contributed by atoms with Crippen LogP contribution < -0.4 is 4.72 Å². The largest absolute Gasteiger partial charge is 0.569 e. The molecule has 1 aromatic heterocycles. The van der Waals surface area contributed by atoms with Crippen LogP contribution in [0.5, 0.6) is 0 Å². The second-order valence-electron chi connectivity index (χ2n) is 9.60. The highest BCUT2D eigenvalue weighted by Gasteiger charge is 2.35. The number of aryl methyl sites for hydroxylation is 1. The number of carbonyl (C=O) groups is 2. The van der Waals surface area contributed by atoms with Crippen molar-refractivity contribution in [1.29, 1.82) is 0 Å². The van der Waals surface area contributed by atoms with Gasteiger partial charge in [-0.25, -0.2) is 17.8 Å². The molecule has 1 amide bonds. The molecule has 43 heavy (non-hydrogen) atoms. The highest BCUT2D eigenvalue weighted by molar-refractivity contribution is 7.90. The van der Waals surface area contributed by atoms with Crippen LogP contribution in [0.1, 0.15) is 31.0 Å². The summed E-state index contributed by atoms with van der Waals surface area (Å²) in [5.74, 6) is -2.11. The Kier molecular flexibility index (Phi) is 9.22. The van der Waals surface area contributed by atoms with E-state index in [1.807, 2.05) is 11.6 Å². The van der Waals surface area contributed by atoms with E-state index in [4.69, 9.17) is 0 Å². The number of sulfonamides is 1. The van der Waals surface area contributed by atoms with Crippen molar-refractivity contribution in [1.82, 2.24) is 19.5 Å². The Labute approximate surface area is 244 Å². The number of hydrazine groups is 1. The van der Waals surface area contributed by atoms with E-state index in [1.54, 1.807) is 24.3 Å². The molecule has 2 heterocycles. The van der Waals surface area contributed by atoms with Gasteiger partial charge >= 0.3 is 12.1 Å². The fourth-order valence-corrected chi connectivity index (χ4v) is 5.26. The van der Waals surface area contributed by atoms with E-state index in [-0.39, 0.29) is 47.2 Å². The van der Waals surface area contributed by atoms with E-state index in [0.29, 0.717) is 5.56 Å².